The van der Waals surface area contributed by atoms with Gasteiger partial charge in [0.1, 0.15) is 0 Å². The van der Waals surface area contributed by atoms with E-state index in [1.807, 2.05) is 19.9 Å². The molecule has 0 radical (unpaired) electrons. The fourth-order valence-electron chi connectivity index (χ4n) is 2.13. The van der Waals surface area contributed by atoms with Crippen molar-refractivity contribution in [1.82, 2.24) is 15.1 Å². The summed E-state index contributed by atoms with van der Waals surface area (Å²) in [5.74, 6) is -0.446. The lowest BCUT2D eigenvalue weighted by molar-refractivity contribution is -0.139. The standard InChI is InChI=1S/C17H25N3O3/c1-4-20(5-2)16(22)13-19(3)15(21)11-12-18-17(23)14-9-7-6-8-10-14/h6-10H,4-5,11-13H2,1-3H3,(H,18,23). The van der Waals surface area contributed by atoms with Gasteiger partial charge in [0.25, 0.3) is 5.91 Å². The Balaban J connectivity index is 2.36. The van der Waals surface area contributed by atoms with Crippen LogP contribution in [-0.4, -0.2) is 60.7 Å². The van der Waals surface area contributed by atoms with Crippen LogP contribution in [0.15, 0.2) is 30.3 Å². The molecule has 0 spiro atoms. The van der Waals surface area contributed by atoms with Gasteiger partial charge in [-0.2, -0.15) is 0 Å². The van der Waals surface area contributed by atoms with Crippen molar-refractivity contribution in [3.63, 3.8) is 0 Å². The minimum absolute atomic E-state index is 0.0626. The second kappa shape index (κ2) is 9.61. The van der Waals surface area contributed by atoms with Gasteiger partial charge < -0.3 is 15.1 Å². The molecule has 1 aromatic carbocycles. The normalized spacial score (nSPS) is 10.0. The lowest BCUT2D eigenvalue weighted by atomic mass is 10.2. The molecule has 1 aromatic rings. The molecule has 0 unspecified atom stereocenters. The molecule has 23 heavy (non-hydrogen) atoms. The van der Waals surface area contributed by atoms with Crippen LogP contribution in [0.2, 0.25) is 0 Å². The Kier molecular flexibility index (Phi) is 7.80. The lowest BCUT2D eigenvalue weighted by Gasteiger charge is -2.23. The lowest BCUT2D eigenvalue weighted by Crippen LogP contribution is -2.41. The molecule has 0 fully saturated rings. The average molecular weight is 319 g/mol. The third kappa shape index (κ3) is 6.10. The second-order valence-corrected chi connectivity index (χ2v) is 5.19. The van der Waals surface area contributed by atoms with E-state index in [1.54, 1.807) is 36.2 Å². The van der Waals surface area contributed by atoms with E-state index < -0.39 is 0 Å². The number of hydrogen-bond acceptors (Lipinski definition) is 3. The van der Waals surface area contributed by atoms with Crippen molar-refractivity contribution in [1.29, 1.82) is 0 Å². The number of carbonyl (C=O) groups is 3. The maximum Gasteiger partial charge on any atom is 0.251 e. The van der Waals surface area contributed by atoms with E-state index in [0.29, 0.717) is 18.7 Å². The van der Waals surface area contributed by atoms with Crippen molar-refractivity contribution in [3.05, 3.63) is 35.9 Å². The number of nitrogens with zero attached hydrogens (tertiary/aromatic N) is 2. The van der Waals surface area contributed by atoms with Gasteiger partial charge >= 0.3 is 0 Å². The number of benzene rings is 1. The highest BCUT2D eigenvalue weighted by Gasteiger charge is 2.16. The number of nitrogens with one attached hydrogen (secondary N) is 1. The Morgan fingerprint density at radius 3 is 2.17 bits per heavy atom. The molecular formula is C17H25N3O3. The Labute approximate surface area is 137 Å². The van der Waals surface area contributed by atoms with Gasteiger partial charge in [-0.15, -0.1) is 0 Å². The number of hydrogen-bond donors (Lipinski definition) is 1. The largest absolute Gasteiger partial charge is 0.352 e. The monoisotopic (exact) mass is 319 g/mol. The molecule has 1 rings (SSSR count). The molecule has 0 atom stereocenters. The molecule has 0 saturated heterocycles. The molecule has 0 aliphatic rings. The molecule has 6 heteroatoms. The third-order valence-corrected chi connectivity index (χ3v) is 3.57. The molecule has 0 heterocycles. The van der Waals surface area contributed by atoms with E-state index in [9.17, 15) is 14.4 Å². The number of likely N-dealkylation sites (N-methyl/N-ethyl adjacent to an activating group) is 2. The maximum atomic E-state index is 12.0. The Bertz CT molecular complexity index is 527. The summed E-state index contributed by atoms with van der Waals surface area (Å²) in [6, 6.07) is 8.83. The van der Waals surface area contributed by atoms with E-state index in [1.165, 1.54) is 4.90 Å². The van der Waals surface area contributed by atoms with Crippen LogP contribution in [0, 0.1) is 0 Å². The highest BCUT2D eigenvalue weighted by atomic mass is 16.2. The summed E-state index contributed by atoms with van der Waals surface area (Å²) in [5, 5.41) is 2.70. The highest BCUT2D eigenvalue weighted by molar-refractivity contribution is 5.94. The molecule has 0 aliphatic carbocycles. The first-order chi connectivity index (χ1) is 11.0. The fraction of sp³-hybridized carbons (Fsp3) is 0.471. The van der Waals surface area contributed by atoms with Gasteiger partial charge in [-0.05, 0) is 26.0 Å². The second-order valence-electron chi connectivity index (χ2n) is 5.19. The molecule has 1 N–H and O–H groups in total. The van der Waals surface area contributed by atoms with Crippen molar-refractivity contribution in [3.8, 4) is 0 Å². The number of amides is 3. The van der Waals surface area contributed by atoms with Gasteiger partial charge in [-0.1, -0.05) is 18.2 Å². The summed E-state index contributed by atoms with van der Waals surface area (Å²) in [5.41, 5.74) is 0.560. The van der Waals surface area contributed by atoms with Crippen LogP contribution in [0.1, 0.15) is 30.6 Å². The third-order valence-electron chi connectivity index (χ3n) is 3.57. The van der Waals surface area contributed by atoms with Gasteiger partial charge in [-0.25, -0.2) is 0 Å². The smallest absolute Gasteiger partial charge is 0.251 e. The summed E-state index contributed by atoms with van der Waals surface area (Å²) in [7, 11) is 1.60. The van der Waals surface area contributed by atoms with Crippen LogP contribution in [-0.2, 0) is 9.59 Å². The van der Waals surface area contributed by atoms with Crippen molar-refractivity contribution in [2.45, 2.75) is 20.3 Å². The fourth-order valence-corrected chi connectivity index (χ4v) is 2.13. The predicted molar refractivity (Wildman–Crippen MR) is 89.0 cm³/mol. The van der Waals surface area contributed by atoms with E-state index in [2.05, 4.69) is 5.32 Å². The van der Waals surface area contributed by atoms with Crippen molar-refractivity contribution >= 4 is 17.7 Å². The zero-order valence-electron chi connectivity index (χ0n) is 14.0. The summed E-state index contributed by atoms with van der Waals surface area (Å²) in [6.45, 7) is 5.38. The van der Waals surface area contributed by atoms with Crippen LogP contribution in [0.4, 0.5) is 0 Å². The Hall–Kier alpha value is -2.37. The first kappa shape index (κ1) is 18.7. The zero-order chi connectivity index (χ0) is 17.2. The minimum atomic E-state index is -0.208. The first-order valence-corrected chi connectivity index (χ1v) is 7.84. The highest BCUT2D eigenvalue weighted by Crippen LogP contribution is 1.99. The van der Waals surface area contributed by atoms with E-state index >= 15 is 0 Å². The maximum absolute atomic E-state index is 12.0. The van der Waals surface area contributed by atoms with Crippen molar-refractivity contribution in [2.75, 3.05) is 33.2 Å². The molecule has 3 amide bonds. The van der Waals surface area contributed by atoms with Crippen molar-refractivity contribution in [2.24, 2.45) is 0 Å². The number of rotatable bonds is 8. The molecule has 0 aromatic heterocycles. The summed E-state index contributed by atoms with van der Waals surface area (Å²) >= 11 is 0. The minimum Gasteiger partial charge on any atom is -0.352 e. The zero-order valence-corrected chi connectivity index (χ0v) is 14.0. The molecule has 126 valence electrons. The summed E-state index contributed by atoms with van der Waals surface area (Å²) < 4.78 is 0. The van der Waals surface area contributed by atoms with E-state index in [0.717, 1.165) is 0 Å². The molecule has 0 bridgehead atoms. The van der Waals surface area contributed by atoms with E-state index in [-0.39, 0.29) is 37.2 Å². The van der Waals surface area contributed by atoms with Crippen LogP contribution in [0.25, 0.3) is 0 Å². The van der Waals surface area contributed by atoms with Gasteiger partial charge in [0.05, 0.1) is 6.54 Å². The molecular weight excluding hydrogens is 294 g/mol. The Morgan fingerprint density at radius 1 is 1.00 bits per heavy atom. The average Bonchev–Trinajstić information content (AvgIpc) is 2.56. The summed E-state index contributed by atoms with van der Waals surface area (Å²) in [6.07, 6.45) is 0.167. The molecule has 6 nitrogen and oxygen atoms in total. The predicted octanol–water partition coefficient (Wildman–Crippen LogP) is 1.13. The van der Waals surface area contributed by atoms with Crippen LogP contribution < -0.4 is 5.32 Å². The van der Waals surface area contributed by atoms with Crippen molar-refractivity contribution < 1.29 is 14.4 Å². The van der Waals surface area contributed by atoms with Crippen LogP contribution >= 0.6 is 0 Å². The Morgan fingerprint density at radius 2 is 1.61 bits per heavy atom. The van der Waals surface area contributed by atoms with Crippen LogP contribution in [0.5, 0.6) is 0 Å². The SMILES string of the molecule is CCN(CC)C(=O)CN(C)C(=O)CCNC(=O)c1ccccc1. The molecule has 0 saturated carbocycles. The molecule has 0 aliphatic heterocycles. The van der Waals surface area contributed by atoms with E-state index in [4.69, 9.17) is 0 Å². The summed E-state index contributed by atoms with van der Waals surface area (Å²) in [4.78, 5) is 38.9. The quantitative estimate of drug-likeness (QED) is 0.781. The van der Waals surface area contributed by atoms with Gasteiger partial charge in [-0.3, -0.25) is 14.4 Å². The first-order valence-electron chi connectivity index (χ1n) is 7.84. The van der Waals surface area contributed by atoms with Gasteiger partial charge in [0.15, 0.2) is 0 Å². The van der Waals surface area contributed by atoms with Gasteiger partial charge in [0, 0.05) is 38.7 Å². The number of carbonyl (C=O) groups excluding carboxylic acids is 3. The van der Waals surface area contributed by atoms with Crippen LogP contribution in [0.3, 0.4) is 0 Å². The van der Waals surface area contributed by atoms with Gasteiger partial charge in [0.2, 0.25) is 11.8 Å². The topological polar surface area (TPSA) is 69.7 Å².